The van der Waals surface area contributed by atoms with Gasteiger partial charge in [-0.3, -0.25) is 15.2 Å². The van der Waals surface area contributed by atoms with E-state index in [1.165, 1.54) is 16.7 Å². The highest BCUT2D eigenvalue weighted by Crippen LogP contribution is 2.26. The van der Waals surface area contributed by atoms with Gasteiger partial charge in [0.1, 0.15) is 5.69 Å². The van der Waals surface area contributed by atoms with Crippen LogP contribution >= 0.6 is 11.3 Å². The summed E-state index contributed by atoms with van der Waals surface area (Å²) in [6.07, 6.45) is -4.09. The van der Waals surface area contributed by atoms with Crippen LogP contribution in [0.25, 0.3) is 0 Å². The number of benzene rings is 1. The number of carbonyl (C=O) groups is 1. The van der Waals surface area contributed by atoms with E-state index in [1.54, 1.807) is 5.10 Å². The van der Waals surface area contributed by atoms with Crippen LogP contribution in [0.5, 0.6) is 0 Å². The predicted octanol–water partition coefficient (Wildman–Crippen LogP) is 3.12. The molecule has 6 nitrogen and oxygen atoms in total. The molecule has 0 aliphatic rings. The maximum Gasteiger partial charge on any atom is 0.451 e. The first-order valence-corrected chi connectivity index (χ1v) is 7.59. The molecular formula is C14H10F3N5OS. The molecular weight excluding hydrogens is 343 g/mol. The molecule has 0 atom stereocenters. The van der Waals surface area contributed by atoms with Crippen LogP contribution in [-0.4, -0.2) is 26.1 Å². The Labute approximate surface area is 137 Å². The zero-order valence-electron chi connectivity index (χ0n) is 12.0. The zero-order valence-corrected chi connectivity index (χ0v) is 12.8. The van der Waals surface area contributed by atoms with E-state index in [0.29, 0.717) is 6.42 Å². The number of hydrogen-bond acceptors (Lipinski definition) is 5. The summed E-state index contributed by atoms with van der Waals surface area (Å²) in [6.45, 7) is 0. The third-order valence-electron chi connectivity index (χ3n) is 2.96. The lowest BCUT2D eigenvalue weighted by molar-refractivity contribution is -0.144. The molecule has 1 amide bonds. The van der Waals surface area contributed by atoms with Crippen molar-refractivity contribution >= 4 is 23.2 Å². The smallest absolute Gasteiger partial charge is 0.288 e. The summed E-state index contributed by atoms with van der Waals surface area (Å²) in [5.74, 6) is -2.40. The Morgan fingerprint density at radius 3 is 2.62 bits per heavy atom. The van der Waals surface area contributed by atoms with Crippen LogP contribution in [0.15, 0.2) is 35.7 Å². The van der Waals surface area contributed by atoms with Crippen molar-refractivity contribution in [2.75, 3.05) is 5.32 Å². The SMILES string of the molecule is O=C(Nc1n[nH]c(C(F)(F)F)n1)c1csc(Cc2ccccc2)n1. The van der Waals surface area contributed by atoms with E-state index >= 15 is 0 Å². The number of amides is 1. The number of hydrogen-bond donors (Lipinski definition) is 2. The fraction of sp³-hybridized carbons (Fsp3) is 0.143. The highest BCUT2D eigenvalue weighted by Gasteiger charge is 2.35. The van der Waals surface area contributed by atoms with E-state index < -0.39 is 23.9 Å². The molecule has 2 N–H and O–H groups in total. The molecule has 0 radical (unpaired) electrons. The number of anilines is 1. The summed E-state index contributed by atoms with van der Waals surface area (Å²) >= 11 is 1.29. The van der Waals surface area contributed by atoms with Gasteiger partial charge in [-0.15, -0.1) is 16.4 Å². The number of alkyl halides is 3. The lowest BCUT2D eigenvalue weighted by Gasteiger charge is -1.99. The van der Waals surface area contributed by atoms with Crippen molar-refractivity contribution < 1.29 is 18.0 Å². The topological polar surface area (TPSA) is 83.6 Å². The normalized spacial score (nSPS) is 11.5. The van der Waals surface area contributed by atoms with E-state index in [9.17, 15) is 18.0 Å². The number of H-pyrrole nitrogens is 1. The summed E-state index contributed by atoms with van der Waals surface area (Å²) in [5.41, 5.74) is 1.15. The summed E-state index contributed by atoms with van der Waals surface area (Å²) in [4.78, 5) is 19.3. The van der Waals surface area contributed by atoms with Gasteiger partial charge in [0, 0.05) is 11.8 Å². The second-order valence-corrected chi connectivity index (χ2v) is 5.69. The number of carbonyl (C=O) groups excluding carboxylic acids is 1. The maximum absolute atomic E-state index is 12.4. The Balaban J connectivity index is 1.67. The second kappa shape index (κ2) is 6.40. The largest absolute Gasteiger partial charge is 0.451 e. The van der Waals surface area contributed by atoms with Crippen molar-refractivity contribution in [2.45, 2.75) is 12.6 Å². The molecule has 10 heteroatoms. The maximum atomic E-state index is 12.4. The summed E-state index contributed by atoms with van der Waals surface area (Å²) in [6, 6.07) is 9.58. The Kier molecular flexibility index (Phi) is 4.30. The molecule has 0 aliphatic carbocycles. The monoisotopic (exact) mass is 353 g/mol. The van der Waals surface area contributed by atoms with Gasteiger partial charge in [0.2, 0.25) is 11.8 Å². The Bertz CT molecular complexity index is 843. The number of rotatable bonds is 4. The summed E-state index contributed by atoms with van der Waals surface area (Å²) in [7, 11) is 0. The minimum atomic E-state index is -4.65. The van der Waals surface area contributed by atoms with Gasteiger partial charge in [0.05, 0.1) is 5.01 Å². The predicted molar refractivity (Wildman–Crippen MR) is 80.7 cm³/mol. The number of nitrogens with zero attached hydrogens (tertiary/aromatic N) is 3. The van der Waals surface area contributed by atoms with Crippen LogP contribution in [-0.2, 0) is 12.6 Å². The minimum absolute atomic E-state index is 0.101. The molecule has 0 unspecified atom stereocenters. The molecule has 0 aliphatic heterocycles. The quantitative estimate of drug-likeness (QED) is 0.755. The number of aromatic nitrogens is 4. The number of halogens is 3. The molecule has 0 fully saturated rings. The van der Waals surface area contributed by atoms with Gasteiger partial charge in [-0.25, -0.2) is 4.98 Å². The third-order valence-corrected chi connectivity index (χ3v) is 3.81. The Hall–Kier alpha value is -2.75. The molecule has 0 bridgehead atoms. The van der Waals surface area contributed by atoms with Crippen molar-refractivity contribution in [3.05, 3.63) is 57.8 Å². The summed E-state index contributed by atoms with van der Waals surface area (Å²) in [5, 5.41) is 9.46. The molecule has 0 saturated heterocycles. The van der Waals surface area contributed by atoms with Crippen molar-refractivity contribution in [2.24, 2.45) is 0 Å². The van der Waals surface area contributed by atoms with Gasteiger partial charge in [-0.1, -0.05) is 30.3 Å². The molecule has 2 aromatic heterocycles. The van der Waals surface area contributed by atoms with E-state index in [4.69, 9.17) is 0 Å². The van der Waals surface area contributed by atoms with Crippen LogP contribution in [0.2, 0.25) is 0 Å². The Morgan fingerprint density at radius 2 is 1.96 bits per heavy atom. The number of thiazole rings is 1. The molecule has 0 spiro atoms. The number of nitrogens with one attached hydrogen (secondary N) is 2. The van der Waals surface area contributed by atoms with Crippen molar-refractivity contribution in [3.63, 3.8) is 0 Å². The van der Waals surface area contributed by atoms with Crippen LogP contribution in [0.4, 0.5) is 19.1 Å². The van der Waals surface area contributed by atoms with Crippen molar-refractivity contribution in [1.29, 1.82) is 0 Å². The molecule has 24 heavy (non-hydrogen) atoms. The van der Waals surface area contributed by atoms with Crippen LogP contribution in [0.1, 0.15) is 26.9 Å². The fourth-order valence-corrected chi connectivity index (χ4v) is 2.69. The lowest BCUT2D eigenvalue weighted by Crippen LogP contribution is -2.14. The number of aromatic amines is 1. The van der Waals surface area contributed by atoms with Crippen LogP contribution in [0.3, 0.4) is 0 Å². The standard InChI is InChI=1S/C14H10F3N5OS/c15-14(16,17)12-20-13(22-21-12)19-11(23)9-7-24-10(18-9)6-8-4-2-1-3-5-8/h1-5,7H,6H2,(H2,19,20,21,22,23). The van der Waals surface area contributed by atoms with E-state index in [0.717, 1.165) is 10.6 Å². The molecule has 2 heterocycles. The minimum Gasteiger partial charge on any atom is -0.288 e. The first-order valence-electron chi connectivity index (χ1n) is 6.71. The lowest BCUT2D eigenvalue weighted by atomic mass is 10.2. The Morgan fingerprint density at radius 1 is 1.21 bits per heavy atom. The second-order valence-electron chi connectivity index (χ2n) is 4.75. The van der Waals surface area contributed by atoms with E-state index in [1.807, 2.05) is 30.3 Å². The van der Waals surface area contributed by atoms with Gasteiger partial charge in [-0.05, 0) is 5.56 Å². The third kappa shape index (κ3) is 3.77. The highest BCUT2D eigenvalue weighted by molar-refractivity contribution is 7.09. The fourth-order valence-electron chi connectivity index (χ4n) is 1.88. The summed E-state index contributed by atoms with van der Waals surface area (Å²) < 4.78 is 37.2. The van der Waals surface area contributed by atoms with Gasteiger partial charge in [0.15, 0.2) is 0 Å². The van der Waals surface area contributed by atoms with E-state index in [-0.39, 0.29) is 5.69 Å². The van der Waals surface area contributed by atoms with Gasteiger partial charge < -0.3 is 0 Å². The first-order chi connectivity index (χ1) is 11.4. The zero-order chi connectivity index (χ0) is 17.2. The average molecular weight is 353 g/mol. The van der Waals surface area contributed by atoms with Crippen molar-refractivity contribution in [3.8, 4) is 0 Å². The first kappa shape index (κ1) is 16.1. The average Bonchev–Trinajstić information content (AvgIpc) is 3.17. The van der Waals surface area contributed by atoms with Gasteiger partial charge in [0.25, 0.3) is 5.91 Å². The van der Waals surface area contributed by atoms with Crippen molar-refractivity contribution in [1.82, 2.24) is 20.2 Å². The van der Waals surface area contributed by atoms with Gasteiger partial charge >= 0.3 is 6.18 Å². The van der Waals surface area contributed by atoms with Crippen LogP contribution < -0.4 is 5.32 Å². The van der Waals surface area contributed by atoms with Crippen LogP contribution in [0, 0.1) is 0 Å². The molecule has 3 rings (SSSR count). The van der Waals surface area contributed by atoms with Gasteiger partial charge in [-0.2, -0.15) is 18.2 Å². The van der Waals surface area contributed by atoms with E-state index in [2.05, 4.69) is 20.4 Å². The molecule has 124 valence electrons. The molecule has 1 aromatic carbocycles. The molecule has 3 aromatic rings. The molecule has 0 saturated carbocycles. The highest BCUT2D eigenvalue weighted by atomic mass is 32.1.